The van der Waals surface area contributed by atoms with E-state index in [2.05, 4.69) is 250 Å². The molecule has 0 saturated heterocycles. The van der Waals surface area contributed by atoms with Crippen molar-refractivity contribution in [2.45, 2.75) is 0 Å². The van der Waals surface area contributed by atoms with Crippen LogP contribution in [0.1, 0.15) is 0 Å². The Bertz CT molecular complexity index is 3710. The van der Waals surface area contributed by atoms with Gasteiger partial charge in [-0.1, -0.05) is 18.2 Å². The molecule has 0 N–H and O–H groups in total. The number of para-hydroxylation sites is 4. The number of aromatic nitrogens is 5. The zero-order valence-corrected chi connectivity index (χ0v) is 38.0. The second-order valence-electron chi connectivity index (χ2n) is 16.5. The van der Waals surface area contributed by atoms with Crippen molar-refractivity contribution in [3.63, 3.8) is 0 Å². The average molecular weight is 1020 g/mol. The van der Waals surface area contributed by atoms with Crippen LogP contribution in [0, 0.1) is 3.80 Å². The molecule has 0 radical (unpaired) electrons. The first-order chi connectivity index (χ1) is 32.7. The Balaban J connectivity index is 1.04. The minimum atomic E-state index is -0.0585. The Kier molecular flexibility index (Phi) is 10.2. The van der Waals surface area contributed by atoms with Gasteiger partial charge in [0, 0.05) is 18.0 Å². The van der Waals surface area contributed by atoms with Crippen LogP contribution in [0.25, 0.3) is 83.5 Å². The zero-order chi connectivity index (χ0) is 44.0. The number of hydrogen-bond acceptors (Lipinski definition) is 2. The van der Waals surface area contributed by atoms with E-state index in [0.717, 1.165) is 54.3 Å². The molecule has 0 bridgehead atoms. The Morgan fingerprint density at radius 1 is 0.379 bits per heavy atom. The Hall–Kier alpha value is -7.92. The van der Waals surface area contributed by atoms with Gasteiger partial charge in [-0.05, 0) is 18.2 Å². The van der Waals surface area contributed by atoms with Gasteiger partial charge in [-0.25, -0.2) is 0 Å². The molecule has 0 atom stereocenters. The third-order valence-corrected chi connectivity index (χ3v) is 13.7. The van der Waals surface area contributed by atoms with E-state index in [0.29, 0.717) is 0 Å². The second kappa shape index (κ2) is 16.9. The number of benzene rings is 8. The Morgan fingerprint density at radius 3 is 1.65 bits per heavy atom. The van der Waals surface area contributed by atoms with Crippen LogP contribution in [0.3, 0.4) is 0 Å². The fraction of sp³-hybridized carbons (Fsp3) is 0. The molecule has 0 unspecified atom stereocenters. The summed E-state index contributed by atoms with van der Waals surface area (Å²) in [6, 6.07) is 82.8. The van der Waals surface area contributed by atoms with Crippen LogP contribution in [0.15, 0.2) is 243 Å². The van der Waals surface area contributed by atoms with Gasteiger partial charge in [0.2, 0.25) is 0 Å². The van der Waals surface area contributed by atoms with E-state index in [9.17, 15) is 0 Å². The zero-order valence-electron chi connectivity index (χ0n) is 35.7. The molecular formula is C59H40BN5Pt. The first kappa shape index (κ1) is 39.7. The molecule has 4 heterocycles. The molecular weight excluding hydrogens is 985 g/mol. The van der Waals surface area contributed by atoms with Gasteiger partial charge in [0.1, 0.15) is 0 Å². The van der Waals surface area contributed by atoms with E-state index in [1.54, 1.807) is 0 Å². The molecule has 0 amide bonds. The van der Waals surface area contributed by atoms with E-state index >= 15 is 0 Å². The van der Waals surface area contributed by atoms with Gasteiger partial charge in [0.05, 0.1) is 5.69 Å². The fourth-order valence-corrected chi connectivity index (χ4v) is 10.8. The van der Waals surface area contributed by atoms with Crippen molar-refractivity contribution >= 4 is 55.9 Å². The molecule has 0 aliphatic heterocycles. The van der Waals surface area contributed by atoms with Crippen molar-refractivity contribution in [1.82, 2.24) is 23.7 Å². The molecule has 0 fully saturated rings. The van der Waals surface area contributed by atoms with Crippen molar-refractivity contribution in [2.75, 3.05) is 0 Å². The quantitative estimate of drug-likeness (QED) is 0.135. The predicted octanol–water partition coefficient (Wildman–Crippen LogP) is 11.9. The van der Waals surface area contributed by atoms with Gasteiger partial charge in [-0.2, -0.15) is 0 Å². The van der Waals surface area contributed by atoms with Crippen molar-refractivity contribution in [3.8, 4) is 50.7 Å². The summed E-state index contributed by atoms with van der Waals surface area (Å²) in [7, 11) is 0. The SMILES string of the molecule is [Pt]=[c]1n(-c2cccc(B(c3ccccc3)c3ccc4c5ccccc5n(-c5ccc(-c6ccccn6)cn5)c4c3)c2)c2ccccc2n1-c1c(-c2ccccc2)cccc1-c1ccccc1. The number of rotatable bonds is 9. The molecule has 66 heavy (non-hydrogen) atoms. The van der Waals surface area contributed by atoms with E-state index in [4.69, 9.17) is 4.98 Å². The third kappa shape index (κ3) is 6.90. The van der Waals surface area contributed by atoms with Crippen molar-refractivity contribution in [3.05, 3.63) is 247 Å². The summed E-state index contributed by atoms with van der Waals surface area (Å²) in [6.45, 7) is -0.0585. The third-order valence-electron chi connectivity index (χ3n) is 12.7. The summed E-state index contributed by atoms with van der Waals surface area (Å²) >= 11 is 2.55. The van der Waals surface area contributed by atoms with E-state index in [-0.39, 0.29) is 6.71 Å². The maximum atomic E-state index is 5.05. The predicted molar refractivity (Wildman–Crippen MR) is 270 cm³/mol. The van der Waals surface area contributed by atoms with Crippen LogP contribution in [0.2, 0.25) is 0 Å². The summed E-state index contributed by atoms with van der Waals surface area (Å²) in [4.78, 5) is 9.62. The van der Waals surface area contributed by atoms with E-state index < -0.39 is 0 Å². The Morgan fingerprint density at radius 2 is 0.970 bits per heavy atom. The number of pyridine rings is 2. The Labute approximate surface area is 394 Å². The van der Waals surface area contributed by atoms with Gasteiger partial charge >= 0.3 is 331 Å². The first-order valence-corrected chi connectivity index (χ1v) is 23.3. The summed E-state index contributed by atoms with van der Waals surface area (Å²) in [5.74, 6) is 0.864. The van der Waals surface area contributed by atoms with E-state index in [1.807, 2.05) is 30.6 Å². The summed E-state index contributed by atoms with van der Waals surface area (Å²) < 4.78 is 8.25. The molecule has 0 spiro atoms. The van der Waals surface area contributed by atoms with Crippen molar-refractivity contribution < 1.29 is 19.4 Å². The van der Waals surface area contributed by atoms with Crippen LogP contribution in [0.5, 0.6) is 0 Å². The summed E-state index contributed by atoms with van der Waals surface area (Å²) in [5.41, 5.74) is 16.9. The van der Waals surface area contributed by atoms with Gasteiger partial charge < -0.3 is 0 Å². The molecule has 4 aromatic heterocycles. The van der Waals surface area contributed by atoms with Crippen molar-refractivity contribution in [2.24, 2.45) is 0 Å². The summed E-state index contributed by atoms with van der Waals surface area (Å²) in [6.07, 6.45) is 3.75. The van der Waals surface area contributed by atoms with Crippen LogP contribution in [0.4, 0.5) is 0 Å². The molecule has 5 nitrogen and oxygen atoms in total. The number of imidazole rings is 1. The normalized spacial score (nSPS) is 11.4. The standard InChI is InChI=1S/C59H40BN5.Pt/c1-4-18-42(19-5-1)49-27-17-28-50(43-20-6-2-7-21-43)59(49)64-41-63(55-31-12-13-32-56(55)64)48-25-16-24-46(38-48)60(45-22-8-3-9-23-45)47-34-35-52-51-26-10-11-30-54(51)65(57(52)39-47)58-36-33-44(40-62-58)53-29-14-15-37-61-53;/h1-40H;. The number of nitrogens with zero attached hydrogens (tertiary/aromatic N) is 5. The van der Waals surface area contributed by atoms with Crippen molar-refractivity contribution in [1.29, 1.82) is 0 Å². The van der Waals surface area contributed by atoms with Crippen LogP contribution in [-0.2, 0) is 19.4 Å². The van der Waals surface area contributed by atoms with Crippen LogP contribution < -0.4 is 16.4 Å². The first-order valence-electron chi connectivity index (χ1n) is 22.2. The number of hydrogen-bond donors (Lipinski definition) is 0. The van der Waals surface area contributed by atoms with Crippen LogP contribution >= 0.6 is 0 Å². The maximum absolute atomic E-state index is 5.05. The number of fused-ring (bicyclic) bond motifs is 4. The van der Waals surface area contributed by atoms with Gasteiger partial charge in [0.15, 0.2) is 0 Å². The molecule has 314 valence electrons. The van der Waals surface area contributed by atoms with Gasteiger partial charge in [0.25, 0.3) is 0 Å². The topological polar surface area (TPSA) is 40.6 Å². The molecule has 8 aromatic carbocycles. The second-order valence-corrected chi connectivity index (χ2v) is 17.5. The molecule has 12 aromatic rings. The molecule has 0 aliphatic carbocycles. The van der Waals surface area contributed by atoms with Crippen LogP contribution in [-0.4, -0.2) is 30.4 Å². The fourth-order valence-electron chi connectivity index (χ4n) is 9.74. The minimum absolute atomic E-state index is 0.0585. The molecule has 12 rings (SSSR count). The molecule has 0 saturated carbocycles. The molecule has 0 aliphatic rings. The molecule has 7 heteroatoms. The van der Waals surface area contributed by atoms with E-state index in [1.165, 1.54) is 49.4 Å². The van der Waals surface area contributed by atoms with Gasteiger partial charge in [-0.15, -0.1) is 0 Å². The summed E-state index contributed by atoms with van der Waals surface area (Å²) in [5, 5.41) is 2.38. The van der Waals surface area contributed by atoms with Gasteiger partial charge in [-0.3, -0.25) is 4.98 Å². The monoisotopic (exact) mass is 1020 g/mol. The average Bonchev–Trinajstić information content (AvgIpc) is 3.88.